The van der Waals surface area contributed by atoms with Crippen LogP contribution in [0.4, 0.5) is 20.2 Å². The van der Waals surface area contributed by atoms with Crippen molar-refractivity contribution in [3.63, 3.8) is 0 Å². The lowest BCUT2D eigenvalue weighted by molar-refractivity contribution is -0.119. The Kier molecular flexibility index (Phi) is 8.40. The molecule has 2 N–H and O–H groups in total. The molecule has 4 rings (SSSR count). The third-order valence-corrected chi connectivity index (χ3v) is 6.33. The van der Waals surface area contributed by atoms with E-state index in [4.69, 9.17) is 21.4 Å². The number of anilines is 2. The third-order valence-electron chi connectivity index (χ3n) is 5.98. The van der Waals surface area contributed by atoms with Crippen molar-refractivity contribution in [1.29, 1.82) is 0 Å². The summed E-state index contributed by atoms with van der Waals surface area (Å²) in [5.74, 6) is -2.22. The Bertz CT molecular complexity index is 1430. The summed E-state index contributed by atoms with van der Waals surface area (Å²) in [5.41, 5.74) is 1.06. The monoisotopic (exact) mass is 547 g/mol. The number of benzene rings is 2. The van der Waals surface area contributed by atoms with Gasteiger partial charge in [0.25, 0.3) is 5.56 Å². The highest BCUT2D eigenvalue weighted by atomic mass is 35.5. The summed E-state index contributed by atoms with van der Waals surface area (Å²) in [5, 5.41) is 18.1. The van der Waals surface area contributed by atoms with Crippen molar-refractivity contribution in [2.75, 3.05) is 29.7 Å². The summed E-state index contributed by atoms with van der Waals surface area (Å²) < 4.78 is 33.8. The lowest BCUT2D eigenvalue weighted by Crippen LogP contribution is -2.39. The second-order valence-electron chi connectivity index (χ2n) is 8.51. The van der Waals surface area contributed by atoms with Crippen molar-refractivity contribution < 1.29 is 33.3 Å². The Morgan fingerprint density at radius 1 is 0.947 bits per heavy atom. The molecule has 0 spiro atoms. The van der Waals surface area contributed by atoms with E-state index in [0.29, 0.717) is 16.9 Å². The van der Waals surface area contributed by atoms with Crippen molar-refractivity contribution in [3.8, 4) is 5.75 Å². The first-order valence-electron chi connectivity index (χ1n) is 11.6. The predicted molar refractivity (Wildman–Crippen MR) is 135 cm³/mol. The van der Waals surface area contributed by atoms with Crippen LogP contribution in [0, 0.1) is 11.6 Å². The molecule has 38 heavy (non-hydrogen) atoms. The van der Waals surface area contributed by atoms with Gasteiger partial charge in [-0.25, -0.2) is 8.78 Å². The summed E-state index contributed by atoms with van der Waals surface area (Å²) in [4.78, 5) is 40.7. The molecule has 1 aromatic heterocycles. The van der Waals surface area contributed by atoms with E-state index in [1.807, 2.05) is 0 Å². The second-order valence-corrected chi connectivity index (χ2v) is 8.88. The fourth-order valence-electron chi connectivity index (χ4n) is 4.05. The zero-order valence-electron chi connectivity index (χ0n) is 20.1. The molecule has 200 valence electrons. The van der Waals surface area contributed by atoms with Gasteiger partial charge in [0.15, 0.2) is 0 Å². The van der Waals surface area contributed by atoms with E-state index < -0.39 is 17.2 Å². The zero-order valence-corrected chi connectivity index (χ0v) is 20.8. The lowest BCUT2D eigenvalue weighted by Gasteiger charge is -2.18. The van der Waals surface area contributed by atoms with Gasteiger partial charge in [-0.15, -0.1) is 0 Å². The maximum atomic E-state index is 13.9. The Balaban J connectivity index is 1.56. The van der Waals surface area contributed by atoms with E-state index in [0.717, 1.165) is 12.1 Å². The number of fused-ring (bicyclic) bond motifs is 1. The molecule has 0 bridgehead atoms. The number of halogens is 3. The average molecular weight is 548 g/mol. The Morgan fingerprint density at radius 3 is 2.29 bits per heavy atom. The molecule has 1 aliphatic rings. The number of carbonyl (C=O) groups is 2. The number of nitrogens with zero attached hydrogens (tertiary/aromatic N) is 3. The molecule has 12 heteroatoms. The number of hydrogen-bond acceptors (Lipinski definition) is 6. The van der Waals surface area contributed by atoms with Crippen LogP contribution in [0.15, 0.2) is 53.5 Å². The molecular weight excluding hydrogens is 524 g/mol. The quantitative estimate of drug-likeness (QED) is 0.426. The van der Waals surface area contributed by atoms with Gasteiger partial charge in [-0.2, -0.15) is 0 Å². The number of hydrogen-bond donors (Lipinski definition) is 2. The average Bonchev–Trinajstić information content (AvgIpc) is 3.27. The number of aromatic nitrogens is 1. The summed E-state index contributed by atoms with van der Waals surface area (Å²) >= 11 is 6.22. The van der Waals surface area contributed by atoms with Gasteiger partial charge in [0.05, 0.1) is 44.0 Å². The van der Waals surface area contributed by atoms with Crippen LogP contribution in [-0.4, -0.2) is 46.5 Å². The fraction of sp³-hybridized carbons (Fsp3) is 0.269. The minimum atomic E-state index is -0.783. The van der Waals surface area contributed by atoms with E-state index in [1.54, 1.807) is 18.2 Å². The standard InChI is InChI=1S/C26H24ClF2N3O6/c27-25-22(38-14-17-2-3-18(28)12-19(17)29)5-8-30(26(25)37)13-16-1-4-20-21(11-16)32(24(36)7-10-34)15-31(20)23(35)6-9-33/h1-5,8,11-12,33-34H,6-7,9-10,13-15H2. The van der Waals surface area contributed by atoms with Crippen LogP contribution in [0.2, 0.25) is 5.02 Å². The molecule has 1 aliphatic heterocycles. The van der Waals surface area contributed by atoms with Crippen molar-refractivity contribution in [2.24, 2.45) is 0 Å². The lowest BCUT2D eigenvalue weighted by atomic mass is 10.1. The van der Waals surface area contributed by atoms with Crippen molar-refractivity contribution >= 4 is 34.8 Å². The fourth-order valence-corrected chi connectivity index (χ4v) is 4.28. The van der Waals surface area contributed by atoms with Crippen LogP contribution in [-0.2, 0) is 22.7 Å². The maximum Gasteiger partial charge on any atom is 0.273 e. The molecule has 3 aromatic rings. The topological polar surface area (TPSA) is 112 Å². The second kappa shape index (κ2) is 11.7. The van der Waals surface area contributed by atoms with Crippen LogP contribution < -0.4 is 20.1 Å². The minimum absolute atomic E-state index is 0.0319. The van der Waals surface area contributed by atoms with Gasteiger partial charge in [-0.3, -0.25) is 24.2 Å². The van der Waals surface area contributed by atoms with Gasteiger partial charge < -0.3 is 19.5 Å². The van der Waals surface area contributed by atoms with Crippen LogP contribution in [0.5, 0.6) is 5.75 Å². The highest BCUT2D eigenvalue weighted by Gasteiger charge is 2.33. The predicted octanol–water partition coefficient (Wildman–Crippen LogP) is 2.81. The Morgan fingerprint density at radius 2 is 1.63 bits per heavy atom. The van der Waals surface area contributed by atoms with Crippen LogP contribution in [0.25, 0.3) is 0 Å². The zero-order chi connectivity index (χ0) is 27.4. The Hall–Kier alpha value is -3.80. The van der Waals surface area contributed by atoms with Gasteiger partial charge in [-0.1, -0.05) is 17.7 Å². The minimum Gasteiger partial charge on any atom is -0.487 e. The van der Waals surface area contributed by atoms with E-state index in [-0.39, 0.29) is 74.0 Å². The van der Waals surface area contributed by atoms with E-state index in [1.165, 1.54) is 32.7 Å². The van der Waals surface area contributed by atoms with Crippen LogP contribution >= 0.6 is 11.6 Å². The molecule has 0 unspecified atom stereocenters. The highest BCUT2D eigenvalue weighted by Crippen LogP contribution is 2.37. The molecule has 0 saturated carbocycles. The first-order valence-corrected chi connectivity index (χ1v) is 12.0. The molecule has 2 heterocycles. The summed E-state index contributed by atoms with van der Waals surface area (Å²) in [6.07, 6.45) is 1.20. The summed E-state index contributed by atoms with van der Waals surface area (Å²) in [7, 11) is 0. The number of rotatable bonds is 9. The van der Waals surface area contributed by atoms with Gasteiger partial charge in [0.2, 0.25) is 11.8 Å². The molecule has 2 aromatic carbocycles. The van der Waals surface area contributed by atoms with Crippen molar-refractivity contribution in [3.05, 3.63) is 86.8 Å². The number of carbonyl (C=O) groups excluding carboxylic acids is 2. The maximum absolute atomic E-state index is 13.9. The number of ether oxygens (including phenoxy) is 1. The van der Waals surface area contributed by atoms with Crippen molar-refractivity contribution in [1.82, 2.24) is 4.57 Å². The normalized spacial score (nSPS) is 12.6. The summed E-state index contributed by atoms with van der Waals surface area (Å²) in [6.45, 7) is -0.932. The van der Waals surface area contributed by atoms with Crippen LogP contribution in [0.3, 0.4) is 0 Å². The molecule has 0 radical (unpaired) electrons. The largest absolute Gasteiger partial charge is 0.487 e. The number of amides is 2. The van der Waals surface area contributed by atoms with Crippen LogP contribution in [0.1, 0.15) is 24.0 Å². The molecule has 9 nitrogen and oxygen atoms in total. The number of aliphatic hydroxyl groups excluding tert-OH is 2. The molecule has 0 aliphatic carbocycles. The molecular formula is C26H24ClF2N3O6. The number of aliphatic hydroxyl groups is 2. The van der Waals surface area contributed by atoms with Gasteiger partial charge in [0.1, 0.15) is 35.7 Å². The first-order chi connectivity index (χ1) is 18.2. The van der Waals surface area contributed by atoms with E-state index >= 15 is 0 Å². The molecule has 0 fully saturated rings. The van der Waals surface area contributed by atoms with E-state index in [9.17, 15) is 28.3 Å². The van der Waals surface area contributed by atoms with Crippen molar-refractivity contribution in [2.45, 2.75) is 26.0 Å². The highest BCUT2D eigenvalue weighted by molar-refractivity contribution is 6.31. The summed E-state index contributed by atoms with van der Waals surface area (Å²) in [6, 6.07) is 9.52. The molecule has 2 amide bonds. The smallest absolute Gasteiger partial charge is 0.273 e. The van der Waals surface area contributed by atoms with Gasteiger partial charge in [-0.05, 0) is 35.9 Å². The van der Waals surface area contributed by atoms with Gasteiger partial charge >= 0.3 is 0 Å². The molecule has 0 saturated heterocycles. The third kappa shape index (κ3) is 5.69. The Labute approximate surface area is 221 Å². The number of pyridine rings is 1. The van der Waals surface area contributed by atoms with E-state index in [2.05, 4.69) is 0 Å². The SMILES string of the molecule is O=C(CCO)N1CN(C(=O)CCO)c2cc(Cn3ccc(OCc4ccc(F)cc4F)c(Cl)c3=O)ccc21. The molecule has 0 atom stereocenters. The van der Waals surface area contributed by atoms with Gasteiger partial charge in [0, 0.05) is 17.8 Å². The first kappa shape index (κ1) is 27.2.